The smallest absolute Gasteiger partial charge is 0.311 e. The molecule has 0 heterocycles. The van der Waals surface area contributed by atoms with E-state index < -0.39 is 10.8 Å². The van der Waals surface area contributed by atoms with Gasteiger partial charge in [-0.25, -0.2) is 0 Å². The van der Waals surface area contributed by atoms with Crippen molar-refractivity contribution in [1.29, 1.82) is 0 Å². The number of nitrogens with zero attached hydrogens (tertiary/aromatic N) is 1. The summed E-state index contributed by atoms with van der Waals surface area (Å²) in [5.41, 5.74) is -0.890. The van der Waals surface area contributed by atoms with E-state index in [2.05, 4.69) is 39.5 Å². The number of carbonyl (C=O) groups is 2. The lowest BCUT2D eigenvalue weighted by atomic mass is 9.86. The van der Waals surface area contributed by atoms with E-state index in [1.54, 1.807) is 0 Å². The standard InChI is InChI=1S/C49H97NO5/c1-8-11-14-17-20-21-22-27-34-44-54-46(52)48(4,5)39-31-33-41-50(42-35-43-51)40-32-26-25-30-38-49(6,7)47(53)55-45(36-28-23-18-15-12-9-2)37-29-24-19-16-13-10-3/h45,51H,8-44H2,1-7H3. The molecule has 0 aromatic heterocycles. The van der Waals surface area contributed by atoms with Gasteiger partial charge in [0.1, 0.15) is 6.10 Å². The van der Waals surface area contributed by atoms with Crippen molar-refractivity contribution in [2.75, 3.05) is 32.8 Å². The molecule has 0 amide bonds. The monoisotopic (exact) mass is 780 g/mol. The fourth-order valence-corrected chi connectivity index (χ4v) is 7.64. The van der Waals surface area contributed by atoms with Gasteiger partial charge in [-0.15, -0.1) is 0 Å². The van der Waals surface area contributed by atoms with Crippen LogP contribution >= 0.6 is 0 Å². The number of hydrogen-bond donors (Lipinski definition) is 1. The van der Waals surface area contributed by atoms with Gasteiger partial charge in [-0.1, -0.05) is 162 Å². The second kappa shape index (κ2) is 37.2. The zero-order chi connectivity index (χ0) is 40.9. The van der Waals surface area contributed by atoms with Gasteiger partial charge in [0.15, 0.2) is 0 Å². The summed E-state index contributed by atoms with van der Waals surface area (Å²) in [7, 11) is 0. The molecule has 0 radical (unpaired) electrons. The molecule has 0 aliphatic carbocycles. The molecule has 0 saturated carbocycles. The fraction of sp³-hybridized carbons (Fsp3) is 0.959. The number of rotatable bonds is 42. The van der Waals surface area contributed by atoms with E-state index in [0.29, 0.717) is 6.61 Å². The molecule has 0 aromatic carbocycles. The topological polar surface area (TPSA) is 76.1 Å². The van der Waals surface area contributed by atoms with Crippen molar-refractivity contribution < 1.29 is 24.2 Å². The molecule has 0 aliphatic rings. The summed E-state index contributed by atoms with van der Waals surface area (Å²) in [5.74, 6) is -0.0540. The lowest BCUT2D eigenvalue weighted by Crippen LogP contribution is -2.31. The average Bonchev–Trinajstić information content (AvgIpc) is 3.16. The molecule has 55 heavy (non-hydrogen) atoms. The van der Waals surface area contributed by atoms with E-state index in [1.807, 2.05) is 13.8 Å². The summed E-state index contributed by atoms with van der Waals surface area (Å²) in [5, 5.41) is 9.49. The van der Waals surface area contributed by atoms with Crippen molar-refractivity contribution >= 4 is 11.9 Å². The van der Waals surface area contributed by atoms with Crippen LogP contribution in [0.15, 0.2) is 0 Å². The minimum absolute atomic E-state index is 0.000104. The number of hydrogen-bond acceptors (Lipinski definition) is 6. The molecular weight excluding hydrogens is 683 g/mol. The van der Waals surface area contributed by atoms with Crippen LogP contribution < -0.4 is 0 Å². The van der Waals surface area contributed by atoms with E-state index in [1.165, 1.54) is 122 Å². The van der Waals surface area contributed by atoms with Gasteiger partial charge in [0, 0.05) is 13.2 Å². The van der Waals surface area contributed by atoms with Crippen LogP contribution in [0.1, 0.15) is 254 Å². The highest BCUT2D eigenvalue weighted by Crippen LogP contribution is 2.29. The van der Waals surface area contributed by atoms with E-state index in [0.717, 1.165) is 103 Å². The first-order chi connectivity index (χ1) is 26.5. The van der Waals surface area contributed by atoms with Crippen LogP contribution in [-0.2, 0) is 19.1 Å². The molecule has 0 aliphatic heterocycles. The van der Waals surface area contributed by atoms with E-state index >= 15 is 0 Å². The summed E-state index contributed by atoms with van der Waals surface area (Å²) in [6, 6.07) is 0. The van der Waals surface area contributed by atoms with Crippen molar-refractivity contribution in [3.8, 4) is 0 Å². The third-order valence-corrected chi connectivity index (χ3v) is 11.8. The van der Waals surface area contributed by atoms with Gasteiger partial charge in [-0.3, -0.25) is 9.59 Å². The first-order valence-corrected chi connectivity index (χ1v) is 24.3. The summed E-state index contributed by atoms with van der Waals surface area (Å²) in [4.78, 5) is 28.7. The van der Waals surface area contributed by atoms with Crippen LogP contribution in [0.3, 0.4) is 0 Å². The molecular formula is C49H97NO5. The molecule has 6 heteroatoms. The number of aliphatic hydroxyl groups excluding tert-OH is 1. The van der Waals surface area contributed by atoms with Crippen molar-refractivity contribution in [2.45, 2.75) is 260 Å². The number of esters is 2. The quantitative estimate of drug-likeness (QED) is 0.0491. The number of ether oxygens (including phenoxy) is 2. The minimum atomic E-state index is -0.446. The summed E-state index contributed by atoms with van der Waals surface area (Å²) in [6.07, 6.45) is 37.8. The normalized spacial score (nSPS) is 12.3. The predicted molar refractivity (Wildman–Crippen MR) is 237 cm³/mol. The maximum absolute atomic E-state index is 13.4. The number of unbranched alkanes of at least 4 members (excludes halogenated alkanes) is 22. The minimum Gasteiger partial charge on any atom is -0.465 e. The molecule has 0 rings (SSSR count). The Bertz CT molecular complexity index is 842. The fourth-order valence-electron chi connectivity index (χ4n) is 7.64. The van der Waals surface area contributed by atoms with Gasteiger partial charge in [-0.05, 0) is 105 Å². The zero-order valence-corrected chi connectivity index (χ0v) is 38.3. The maximum atomic E-state index is 13.4. The average molecular weight is 780 g/mol. The molecule has 0 unspecified atom stereocenters. The molecule has 0 bridgehead atoms. The Morgan fingerprint density at radius 1 is 0.473 bits per heavy atom. The van der Waals surface area contributed by atoms with Crippen LogP contribution in [0.5, 0.6) is 0 Å². The SMILES string of the molecule is CCCCCCCCCCCOC(=O)C(C)(C)CCCCN(CCCO)CCCCCCC(C)(C)C(=O)OC(CCCCCCCC)CCCCCCCC. The molecule has 1 N–H and O–H groups in total. The third-order valence-electron chi connectivity index (χ3n) is 11.8. The van der Waals surface area contributed by atoms with Crippen molar-refractivity contribution in [2.24, 2.45) is 10.8 Å². The predicted octanol–water partition coefficient (Wildman–Crippen LogP) is 14.3. The molecule has 0 saturated heterocycles. The lowest BCUT2D eigenvalue weighted by Gasteiger charge is -2.27. The van der Waals surface area contributed by atoms with Crippen molar-refractivity contribution in [3.05, 3.63) is 0 Å². The van der Waals surface area contributed by atoms with Crippen LogP contribution in [0.2, 0.25) is 0 Å². The molecule has 6 nitrogen and oxygen atoms in total. The molecule has 0 fully saturated rings. The molecule has 0 spiro atoms. The second-order valence-electron chi connectivity index (χ2n) is 18.4. The van der Waals surface area contributed by atoms with Crippen molar-refractivity contribution in [1.82, 2.24) is 4.90 Å². The first-order valence-electron chi connectivity index (χ1n) is 24.3. The Morgan fingerprint density at radius 3 is 1.33 bits per heavy atom. The van der Waals surface area contributed by atoms with Gasteiger partial charge in [0.05, 0.1) is 17.4 Å². The largest absolute Gasteiger partial charge is 0.465 e. The molecule has 0 atom stereocenters. The van der Waals surface area contributed by atoms with E-state index in [9.17, 15) is 14.7 Å². The van der Waals surface area contributed by atoms with Crippen LogP contribution in [0.4, 0.5) is 0 Å². The zero-order valence-electron chi connectivity index (χ0n) is 38.3. The Kier molecular flexibility index (Phi) is 36.4. The summed E-state index contributed by atoms with van der Waals surface area (Å²) in [6.45, 7) is 18.7. The van der Waals surface area contributed by atoms with E-state index in [-0.39, 0.29) is 24.6 Å². The van der Waals surface area contributed by atoms with Crippen molar-refractivity contribution in [3.63, 3.8) is 0 Å². The van der Waals surface area contributed by atoms with Gasteiger partial charge < -0.3 is 19.5 Å². The third kappa shape index (κ3) is 32.5. The van der Waals surface area contributed by atoms with Gasteiger partial charge >= 0.3 is 11.9 Å². The van der Waals surface area contributed by atoms with Crippen LogP contribution in [-0.4, -0.2) is 60.9 Å². The van der Waals surface area contributed by atoms with Gasteiger partial charge in [0.25, 0.3) is 0 Å². The molecule has 0 aromatic rings. The highest BCUT2D eigenvalue weighted by Gasteiger charge is 2.31. The van der Waals surface area contributed by atoms with E-state index in [4.69, 9.17) is 9.47 Å². The maximum Gasteiger partial charge on any atom is 0.311 e. The van der Waals surface area contributed by atoms with Gasteiger partial charge in [0.2, 0.25) is 0 Å². The van der Waals surface area contributed by atoms with Crippen LogP contribution in [0.25, 0.3) is 0 Å². The number of carbonyl (C=O) groups excluding carboxylic acids is 2. The number of aliphatic hydroxyl groups is 1. The lowest BCUT2D eigenvalue weighted by molar-refractivity contribution is -0.161. The Hall–Kier alpha value is -1.14. The highest BCUT2D eigenvalue weighted by atomic mass is 16.5. The second-order valence-corrected chi connectivity index (χ2v) is 18.4. The highest BCUT2D eigenvalue weighted by molar-refractivity contribution is 5.76. The molecule has 328 valence electrons. The Balaban J connectivity index is 4.46. The van der Waals surface area contributed by atoms with Crippen LogP contribution in [0, 0.1) is 10.8 Å². The summed E-state index contributed by atoms with van der Waals surface area (Å²) >= 11 is 0. The summed E-state index contributed by atoms with van der Waals surface area (Å²) < 4.78 is 11.9. The Labute approximate surface area is 343 Å². The Morgan fingerprint density at radius 2 is 0.836 bits per heavy atom. The first kappa shape index (κ1) is 53.9. The van der Waals surface area contributed by atoms with Gasteiger partial charge in [-0.2, -0.15) is 0 Å².